The van der Waals surface area contributed by atoms with Crippen molar-refractivity contribution in [3.05, 3.63) is 30.3 Å². The van der Waals surface area contributed by atoms with Crippen LogP contribution in [-0.2, 0) is 4.79 Å². The van der Waals surface area contributed by atoms with E-state index in [0.29, 0.717) is 23.9 Å². The van der Waals surface area contributed by atoms with Gasteiger partial charge in [0.2, 0.25) is 11.7 Å². The third-order valence-electron chi connectivity index (χ3n) is 2.39. The molecule has 1 amide bonds. The summed E-state index contributed by atoms with van der Waals surface area (Å²) in [5.41, 5.74) is 1.41. The fourth-order valence-electron chi connectivity index (χ4n) is 1.61. The number of hydrogen-bond acceptors (Lipinski definition) is 4. The first kappa shape index (κ1) is 12.3. The summed E-state index contributed by atoms with van der Waals surface area (Å²) in [4.78, 5) is 11.7. The Morgan fingerprint density at radius 3 is 2.67 bits per heavy atom. The number of benzene rings is 1. The van der Waals surface area contributed by atoms with Crippen LogP contribution in [0.25, 0.3) is 11.3 Å². The van der Waals surface area contributed by atoms with E-state index in [9.17, 15) is 4.79 Å². The second-order valence-electron chi connectivity index (χ2n) is 4.47. The lowest BCUT2D eigenvalue weighted by Crippen LogP contribution is -2.14. The van der Waals surface area contributed by atoms with Gasteiger partial charge in [-0.25, -0.2) is 4.63 Å². The molecule has 0 aliphatic carbocycles. The Balaban J connectivity index is 2.16. The van der Waals surface area contributed by atoms with E-state index in [0.717, 1.165) is 5.56 Å². The zero-order chi connectivity index (χ0) is 13.0. The highest BCUT2D eigenvalue weighted by atomic mass is 16.6. The maximum Gasteiger partial charge on any atom is 0.225 e. The lowest BCUT2D eigenvalue weighted by atomic mass is 10.1. The Labute approximate surface area is 105 Å². The quantitative estimate of drug-likeness (QED) is 0.899. The van der Waals surface area contributed by atoms with Gasteiger partial charge < -0.3 is 5.32 Å². The van der Waals surface area contributed by atoms with Crippen molar-refractivity contribution >= 4 is 11.7 Å². The predicted molar refractivity (Wildman–Crippen MR) is 67.8 cm³/mol. The van der Waals surface area contributed by atoms with Crippen molar-refractivity contribution < 1.29 is 9.42 Å². The molecule has 94 valence electrons. The van der Waals surface area contributed by atoms with Crippen molar-refractivity contribution in [2.45, 2.75) is 20.3 Å². The molecular weight excluding hydrogens is 230 g/mol. The Kier molecular flexibility index (Phi) is 3.72. The smallest absolute Gasteiger partial charge is 0.225 e. The van der Waals surface area contributed by atoms with Crippen LogP contribution in [0.5, 0.6) is 0 Å². The van der Waals surface area contributed by atoms with Gasteiger partial charge in [-0.2, -0.15) is 0 Å². The Hall–Kier alpha value is -2.17. The molecule has 5 heteroatoms. The highest BCUT2D eigenvalue weighted by Crippen LogP contribution is 2.23. The Morgan fingerprint density at radius 2 is 2.00 bits per heavy atom. The van der Waals surface area contributed by atoms with Gasteiger partial charge in [-0.15, -0.1) is 0 Å². The summed E-state index contributed by atoms with van der Waals surface area (Å²) in [5, 5.41) is 10.3. The zero-order valence-corrected chi connectivity index (χ0v) is 10.4. The second-order valence-corrected chi connectivity index (χ2v) is 4.47. The van der Waals surface area contributed by atoms with Gasteiger partial charge in [0.25, 0.3) is 0 Å². The molecule has 1 heterocycles. The molecule has 1 aromatic carbocycles. The number of carbonyl (C=O) groups excluding carboxylic acids is 1. The molecule has 18 heavy (non-hydrogen) atoms. The number of hydrogen-bond donors (Lipinski definition) is 1. The summed E-state index contributed by atoms with van der Waals surface area (Å²) in [6.45, 7) is 3.97. The summed E-state index contributed by atoms with van der Waals surface area (Å²) in [6.07, 6.45) is 0.446. The molecule has 0 unspecified atom stereocenters. The first-order valence-electron chi connectivity index (χ1n) is 5.84. The van der Waals surface area contributed by atoms with E-state index >= 15 is 0 Å². The summed E-state index contributed by atoms with van der Waals surface area (Å²) >= 11 is 0. The van der Waals surface area contributed by atoms with E-state index in [1.807, 2.05) is 44.2 Å². The standard InChI is InChI=1S/C13H15N3O2/c1-9(2)8-11(17)14-13-12(15-18-16-13)10-6-4-3-5-7-10/h3-7,9H,8H2,1-2H3,(H,14,16,17). The molecule has 0 bridgehead atoms. The monoisotopic (exact) mass is 245 g/mol. The van der Waals surface area contributed by atoms with Crippen LogP contribution in [0.4, 0.5) is 5.82 Å². The molecule has 0 atom stereocenters. The molecule has 0 fully saturated rings. The number of anilines is 1. The van der Waals surface area contributed by atoms with E-state index in [1.54, 1.807) is 0 Å². The molecule has 1 aromatic heterocycles. The van der Waals surface area contributed by atoms with Gasteiger partial charge in [0.05, 0.1) is 0 Å². The molecule has 0 saturated heterocycles. The van der Waals surface area contributed by atoms with Gasteiger partial charge >= 0.3 is 0 Å². The van der Waals surface area contributed by atoms with Crippen molar-refractivity contribution in [3.63, 3.8) is 0 Å². The van der Waals surface area contributed by atoms with Crippen LogP contribution < -0.4 is 5.32 Å². The fraction of sp³-hybridized carbons (Fsp3) is 0.308. The van der Waals surface area contributed by atoms with Crippen molar-refractivity contribution in [2.24, 2.45) is 5.92 Å². The molecule has 5 nitrogen and oxygen atoms in total. The molecule has 2 rings (SSSR count). The lowest BCUT2D eigenvalue weighted by Gasteiger charge is -2.04. The highest BCUT2D eigenvalue weighted by molar-refractivity contribution is 5.93. The van der Waals surface area contributed by atoms with Crippen LogP contribution in [0.1, 0.15) is 20.3 Å². The van der Waals surface area contributed by atoms with Gasteiger partial charge in [0.15, 0.2) is 5.69 Å². The van der Waals surface area contributed by atoms with Crippen LogP contribution in [0, 0.1) is 5.92 Å². The fourth-order valence-corrected chi connectivity index (χ4v) is 1.61. The first-order valence-corrected chi connectivity index (χ1v) is 5.84. The minimum Gasteiger partial charge on any atom is -0.306 e. The van der Waals surface area contributed by atoms with Crippen molar-refractivity contribution in [2.75, 3.05) is 5.32 Å². The molecular formula is C13H15N3O2. The number of amides is 1. The molecule has 0 aliphatic heterocycles. The van der Waals surface area contributed by atoms with E-state index < -0.39 is 0 Å². The number of aromatic nitrogens is 2. The largest absolute Gasteiger partial charge is 0.306 e. The van der Waals surface area contributed by atoms with E-state index in [4.69, 9.17) is 4.63 Å². The van der Waals surface area contributed by atoms with Crippen molar-refractivity contribution in [1.29, 1.82) is 0 Å². The molecule has 0 saturated carbocycles. The van der Waals surface area contributed by atoms with Crippen molar-refractivity contribution in [1.82, 2.24) is 10.3 Å². The Bertz CT molecular complexity index is 520. The highest BCUT2D eigenvalue weighted by Gasteiger charge is 2.15. The normalized spacial score (nSPS) is 10.6. The maximum atomic E-state index is 11.7. The number of rotatable bonds is 4. The number of nitrogens with one attached hydrogen (secondary N) is 1. The van der Waals surface area contributed by atoms with Gasteiger partial charge in [0.1, 0.15) is 0 Å². The van der Waals surface area contributed by atoms with Gasteiger partial charge in [-0.1, -0.05) is 44.2 Å². The second kappa shape index (κ2) is 5.44. The van der Waals surface area contributed by atoms with E-state index in [2.05, 4.69) is 15.6 Å². The molecule has 0 aliphatic rings. The topological polar surface area (TPSA) is 68.0 Å². The van der Waals surface area contributed by atoms with Crippen LogP contribution in [0.3, 0.4) is 0 Å². The van der Waals surface area contributed by atoms with Gasteiger partial charge in [-0.3, -0.25) is 4.79 Å². The minimum absolute atomic E-state index is 0.0853. The third-order valence-corrected chi connectivity index (χ3v) is 2.39. The molecule has 0 radical (unpaired) electrons. The van der Waals surface area contributed by atoms with Crippen LogP contribution in [0.2, 0.25) is 0 Å². The number of nitrogens with zero attached hydrogens (tertiary/aromatic N) is 2. The van der Waals surface area contributed by atoms with E-state index in [1.165, 1.54) is 0 Å². The minimum atomic E-state index is -0.0853. The summed E-state index contributed by atoms with van der Waals surface area (Å²) in [7, 11) is 0. The maximum absolute atomic E-state index is 11.7. The SMILES string of the molecule is CC(C)CC(=O)Nc1nonc1-c1ccccc1. The average Bonchev–Trinajstić information content (AvgIpc) is 2.77. The van der Waals surface area contributed by atoms with Crippen LogP contribution >= 0.6 is 0 Å². The van der Waals surface area contributed by atoms with Crippen LogP contribution in [-0.4, -0.2) is 16.2 Å². The molecule has 2 aromatic rings. The Morgan fingerprint density at radius 1 is 1.28 bits per heavy atom. The van der Waals surface area contributed by atoms with Gasteiger partial charge in [-0.05, 0) is 16.2 Å². The van der Waals surface area contributed by atoms with E-state index in [-0.39, 0.29) is 5.91 Å². The summed E-state index contributed by atoms with van der Waals surface area (Å²) in [6, 6.07) is 9.47. The summed E-state index contributed by atoms with van der Waals surface area (Å²) in [5.74, 6) is 0.578. The van der Waals surface area contributed by atoms with Gasteiger partial charge in [0, 0.05) is 12.0 Å². The first-order chi connectivity index (χ1) is 8.66. The molecule has 0 spiro atoms. The predicted octanol–water partition coefficient (Wildman–Crippen LogP) is 2.72. The average molecular weight is 245 g/mol. The zero-order valence-electron chi connectivity index (χ0n) is 10.4. The molecule has 1 N–H and O–H groups in total. The van der Waals surface area contributed by atoms with Crippen molar-refractivity contribution in [3.8, 4) is 11.3 Å². The van der Waals surface area contributed by atoms with Crippen LogP contribution in [0.15, 0.2) is 35.0 Å². The summed E-state index contributed by atoms with van der Waals surface area (Å²) < 4.78 is 4.69. The lowest BCUT2D eigenvalue weighted by molar-refractivity contribution is -0.116. The third kappa shape index (κ3) is 2.94. The number of carbonyl (C=O) groups is 1.